The van der Waals surface area contributed by atoms with Crippen LogP contribution in [0.5, 0.6) is 0 Å². The summed E-state index contributed by atoms with van der Waals surface area (Å²) in [6.45, 7) is 1.38. The SMILES string of the molecule is NC(=O)Cn1ccnc1[C@@H]1CCCN(C(=O)c2cccc(-c3ncc[nH]3)c2)C1. The van der Waals surface area contributed by atoms with Gasteiger partial charge in [0.15, 0.2) is 0 Å². The van der Waals surface area contributed by atoms with Crippen molar-refractivity contribution >= 4 is 11.8 Å². The van der Waals surface area contributed by atoms with Crippen LogP contribution in [0.15, 0.2) is 49.1 Å². The van der Waals surface area contributed by atoms with Gasteiger partial charge in [0.25, 0.3) is 5.91 Å². The second kappa shape index (κ2) is 7.67. The van der Waals surface area contributed by atoms with Crippen LogP contribution in [-0.4, -0.2) is 49.3 Å². The lowest BCUT2D eigenvalue weighted by Gasteiger charge is -2.32. The quantitative estimate of drug-likeness (QED) is 0.705. The number of aromatic amines is 1. The highest BCUT2D eigenvalue weighted by Gasteiger charge is 2.28. The van der Waals surface area contributed by atoms with Gasteiger partial charge >= 0.3 is 0 Å². The van der Waals surface area contributed by atoms with Crippen molar-refractivity contribution in [3.63, 3.8) is 0 Å². The normalized spacial score (nSPS) is 16.9. The maximum Gasteiger partial charge on any atom is 0.253 e. The Hall–Kier alpha value is -3.42. The molecule has 1 aliphatic heterocycles. The van der Waals surface area contributed by atoms with Gasteiger partial charge in [-0.1, -0.05) is 12.1 Å². The predicted molar refractivity (Wildman–Crippen MR) is 103 cm³/mol. The van der Waals surface area contributed by atoms with Gasteiger partial charge in [-0.2, -0.15) is 0 Å². The van der Waals surface area contributed by atoms with E-state index in [0.29, 0.717) is 18.7 Å². The van der Waals surface area contributed by atoms with E-state index < -0.39 is 5.91 Å². The van der Waals surface area contributed by atoms with E-state index in [0.717, 1.165) is 30.1 Å². The molecule has 0 aliphatic carbocycles. The number of H-pyrrole nitrogens is 1. The van der Waals surface area contributed by atoms with E-state index in [1.807, 2.05) is 29.2 Å². The van der Waals surface area contributed by atoms with E-state index in [4.69, 9.17) is 5.73 Å². The van der Waals surface area contributed by atoms with Crippen LogP contribution in [0.25, 0.3) is 11.4 Å². The molecule has 1 aromatic carbocycles. The Morgan fingerprint density at radius 1 is 1.25 bits per heavy atom. The molecule has 28 heavy (non-hydrogen) atoms. The molecule has 0 radical (unpaired) electrons. The molecule has 1 aliphatic rings. The zero-order valence-corrected chi connectivity index (χ0v) is 15.4. The summed E-state index contributed by atoms with van der Waals surface area (Å²) in [5.41, 5.74) is 6.84. The summed E-state index contributed by atoms with van der Waals surface area (Å²) >= 11 is 0. The fourth-order valence-corrected chi connectivity index (χ4v) is 3.76. The second-order valence-corrected chi connectivity index (χ2v) is 6.99. The number of nitrogens with zero attached hydrogens (tertiary/aromatic N) is 4. The standard InChI is InChI=1S/C20H22N6O2/c21-17(27)13-25-10-8-24-19(25)16-5-2-9-26(12-16)20(28)15-4-1-3-14(11-15)18-22-6-7-23-18/h1,3-4,6-8,10-11,16H,2,5,9,12-13H2,(H2,21,27)(H,22,23)/t16-/m1/s1. The molecule has 2 aromatic heterocycles. The summed E-state index contributed by atoms with van der Waals surface area (Å²) in [6.07, 6.45) is 8.68. The Morgan fingerprint density at radius 2 is 2.14 bits per heavy atom. The Bertz CT molecular complexity index is 978. The number of primary amides is 1. The van der Waals surface area contributed by atoms with E-state index in [-0.39, 0.29) is 18.4 Å². The highest BCUT2D eigenvalue weighted by molar-refractivity contribution is 5.95. The molecule has 8 nitrogen and oxygen atoms in total. The maximum atomic E-state index is 13.1. The van der Waals surface area contributed by atoms with Crippen LogP contribution >= 0.6 is 0 Å². The van der Waals surface area contributed by atoms with Crippen molar-refractivity contribution in [3.8, 4) is 11.4 Å². The molecule has 1 atom stereocenters. The number of piperidine rings is 1. The zero-order valence-electron chi connectivity index (χ0n) is 15.4. The van der Waals surface area contributed by atoms with Gasteiger partial charge in [0.05, 0.1) is 0 Å². The number of amides is 2. The second-order valence-electron chi connectivity index (χ2n) is 6.99. The van der Waals surface area contributed by atoms with Crippen molar-refractivity contribution in [1.29, 1.82) is 0 Å². The summed E-state index contributed by atoms with van der Waals surface area (Å²) in [5.74, 6) is 1.21. The number of aromatic nitrogens is 4. The minimum atomic E-state index is -0.405. The first kappa shape index (κ1) is 18.0. The van der Waals surface area contributed by atoms with E-state index in [1.54, 1.807) is 29.4 Å². The van der Waals surface area contributed by atoms with E-state index in [2.05, 4.69) is 15.0 Å². The molecule has 0 unspecified atom stereocenters. The minimum absolute atomic E-state index is 0.00823. The van der Waals surface area contributed by atoms with Crippen molar-refractivity contribution in [2.24, 2.45) is 5.73 Å². The fourth-order valence-electron chi connectivity index (χ4n) is 3.76. The molecule has 2 amide bonds. The van der Waals surface area contributed by atoms with E-state index >= 15 is 0 Å². The molecule has 144 valence electrons. The molecule has 3 heterocycles. The summed E-state index contributed by atoms with van der Waals surface area (Å²) in [4.78, 5) is 38.0. The monoisotopic (exact) mass is 378 g/mol. The molecular formula is C20H22N6O2. The average molecular weight is 378 g/mol. The molecule has 0 bridgehead atoms. The van der Waals surface area contributed by atoms with Crippen LogP contribution < -0.4 is 5.73 Å². The average Bonchev–Trinajstić information content (AvgIpc) is 3.39. The molecule has 1 saturated heterocycles. The van der Waals surface area contributed by atoms with Crippen LogP contribution in [0.4, 0.5) is 0 Å². The van der Waals surface area contributed by atoms with Gasteiger partial charge in [0, 0.05) is 54.9 Å². The van der Waals surface area contributed by atoms with Gasteiger partial charge in [-0.25, -0.2) is 9.97 Å². The van der Waals surface area contributed by atoms with Gasteiger partial charge in [-0.05, 0) is 25.0 Å². The first-order valence-electron chi connectivity index (χ1n) is 9.30. The minimum Gasteiger partial charge on any atom is -0.368 e. The number of hydrogen-bond acceptors (Lipinski definition) is 4. The highest BCUT2D eigenvalue weighted by Crippen LogP contribution is 2.27. The smallest absolute Gasteiger partial charge is 0.253 e. The van der Waals surface area contributed by atoms with Crippen LogP contribution in [0.3, 0.4) is 0 Å². The Kier molecular flexibility index (Phi) is 4.92. The third kappa shape index (κ3) is 3.66. The molecule has 0 spiro atoms. The van der Waals surface area contributed by atoms with Gasteiger partial charge in [0.1, 0.15) is 18.2 Å². The number of imidazole rings is 2. The number of likely N-dealkylation sites (tertiary alicyclic amines) is 1. The molecule has 0 saturated carbocycles. The van der Waals surface area contributed by atoms with Crippen LogP contribution in [0.1, 0.15) is 34.9 Å². The maximum absolute atomic E-state index is 13.1. The summed E-state index contributed by atoms with van der Waals surface area (Å²) in [5, 5.41) is 0. The largest absolute Gasteiger partial charge is 0.368 e. The Morgan fingerprint density at radius 3 is 2.93 bits per heavy atom. The number of nitrogens with one attached hydrogen (secondary N) is 1. The van der Waals surface area contributed by atoms with Crippen LogP contribution in [0.2, 0.25) is 0 Å². The summed E-state index contributed by atoms with van der Waals surface area (Å²) in [6, 6.07) is 7.48. The number of hydrogen-bond donors (Lipinski definition) is 2. The predicted octanol–water partition coefficient (Wildman–Crippen LogP) is 1.78. The molecule has 4 rings (SSSR count). The first-order chi connectivity index (χ1) is 13.6. The third-order valence-electron chi connectivity index (χ3n) is 5.03. The van der Waals surface area contributed by atoms with E-state index in [1.165, 1.54) is 0 Å². The molecule has 1 fully saturated rings. The number of carbonyl (C=O) groups excluding carboxylic acids is 2. The summed E-state index contributed by atoms with van der Waals surface area (Å²) in [7, 11) is 0. The van der Waals surface area contributed by atoms with Gasteiger partial charge < -0.3 is 20.2 Å². The van der Waals surface area contributed by atoms with E-state index in [9.17, 15) is 9.59 Å². The number of benzene rings is 1. The van der Waals surface area contributed by atoms with Gasteiger partial charge in [-0.15, -0.1) is 0 Å². The first-order valence-corrected chi connectivity index (χ1v) is 9.30. The lowest BCUT2D eigenvalue weighted by Crippen LogP contribution is -2.40. The lowest BCUT2D eigenvalue weighted by molar-refractivity contribution is -0.118. The van der Waals surface area contributed by atoms with Crippen molar-refractivity contribution < 1.29 is 9.59 Å². The molecular weight excluding hydrogens is 356 g/mol. The molecule has 3 aromatic rings. The fraction of sp³-hybridized carbons (Fsp3) is 0.300. The van der Waals surface area contributed by atoms with Gasteiger partial charge in [-0.3, -0.25) is 9.59 Å². The molecule has 3 N–H and O–H groups in total. The van der Waals surface area contributed by atoms with Crippen LogP contribution in [-0.2, 0) is 11.3 Å². The third-order valence-corrected chi connectivity index (χ3v) is 5.03. The van der Waals surface area contributed by atoms with Crippen molar-refractivity contribution in [1.82, 2.24) is 24.4 Å². The zero-order chi connectivity index (χ0) is 19.5. The van der Waals surface area contributed by atoms with Crippen molar-refractivity contribution in [2.45, 2.75) is 25.3 Å². The van der Waals surface area contributed by atoms with Crippen molar-refractivity contribution in [3.05, 3.63) is 60.4 Å². The number of rotatable bonds is 5. The number of carbonyl (C=O) groups is 2. The Labute approximate surface area is 162 Å². The van der Waals surface area contributed by atoms with Crippen LogP contribution in [0, 0.1) is 0 Å². The highest BCUT2D eigenvalue weighted by atomic mass is 16.2. The van der Waals surface area contributed by atoms with Gasteiger partial charge in [0.2, 0.25) is 5.91 Å². The Balaban J connectivity index is 1.52. The van der Waals surface area contributed by atoms with Crippen molar-refractivity contribution in [2.75, 3.05) is 13.1 Å². The summed E-state index contributed by atoms with van der Waals surface area (Å²) < 4.78 is 1.78. The molecule has 8 heteroatoms. The topological polar surface area (TPSA) is 110 Å². The number of nitrogens with two attached hydrogens (primary N) is 1. The lowest BCUT2D eigenvalue weighted by atomic mass is 9.96.